The molecule has 0 spiro atoms. The third-order valence-electron chi connectivity index (χ3n) is 2.85. The highest BCUT2D eigenvalue weighted by molar-refractivity contribution is 9.10. The zero-order chi connectivity index (χ0) is 16.9. The summed E-state index contributed by atoms with van der Waals surface area (Å²) < 4.78 is 45.6. The van der Waals surface area contributed by atoms with Gasteiger partial charge in [-0.3, -0.25) is 0 Å². The topological polar surface area (TPSA) is 80.6 Å². The van der Waals surface area contributed by atoms with Gasteiger partial charge in [0, 0.05) is 0 Å². The molecule has 0 bridgehead atoms. The van der Waals surface area contributed by atoms with Crippen LogP contribution in [0.2, 0.25) is 0 Å². The van der Waals surface area contributed by atoms with Crippen molar-refractivity contribution < 1.29 is 27.5 Å². The fourth-order valence-corrected chi connectivity index (χ4v) is 2.72. The van der Waals surface area contributed by atoms with Gasteiger partial charge in [-0.1, -0.05) is 0 Å². The molecule has 0 unspecified atom stereocenters. The average molecular weight is 455 g/mol. The molecule has 0 aliphatic heterocycles. The molecule has 0 amide bonds. The first-order chi connectivity index (χ1) is 10.7. The number of carbonyl (C=O) groups is 1. The van der Waals surface area contributed by atoms with E-state index in [1.54, 1.807) is 0 Å². The van der Waals surface area contributed by atoms with E-state index < -0.39 is 23.5 Å². The summed E-state index contributed by atoms with van der Waals surface area (Å²) in [6.07, 6.45) is -4.76. The minimum Gasteiger partial charge on any atom is -0.476 e. The van der Waals surface area contributed by atoms with E-state index in [9.17, 15) is 18.0 Å². The summed E-state index contributed by atoms with van der Waals surface area (Å²) >= 11 is 5.99. The molecule has 120 valence electrons. The van der Waals surface area contributed by atoms with E-state index in [1.165, 1.54) is 12.1 Å². The van der Waals surface area contributed by atoms with Crippen LogP contribution in [-0.2, 0) is 6.18 Å². The van der Waals surface area contributed by atoms with E-state index >= 15 is 0 Å². The summed E-state index contributed by atoms with van der Waals surface area (Å²) in [4.78, 5) is 15.1. The zero-order valence-corrected chi connectivity index (χ0v) is 13.9. The first kappa shape index (κ1) is 16.0. The summed E-state index contributed by atoms with van der Waals surface area (Å²) in [5, 5.41) is 12.5. The highest BCUT2D eigenvalue weighted by atomic mass is 79.9. The van der Waals surface area contributed by atoms with E-state index in [4.69, 9.17) is 9.52 Å². The van der Waals surface area contributed by atoms with Crippen molar-refractivity contribution in [3.8, 4) is 11.5 Å². The predicted octanol–water partition coefficient (Wildman–Crippen LogP) is 4.23. The minimum absolute atomic E-state index is 0.0925. The Morgan fingerprint density at radius 1 is 1.30 bits per heavy atom. The predicted molar refractivity (Wildman–Crippen MR) is 78.1 cm³/mol. The maximum absolute atomic E-state index is 13.3. The summed E-state index contributed by atoms with van der Waals surface area (Å²) in [5.74, 6) is -1.38. The van der Waals surface area contributed by atoms with Crippen LogP contribution in [0.1, 0.15) is 16.2 Å². The summed E-state index contributed by atoms with van der Waals surface area (Å²) in [7, 11) is 0. The number of halogens is 5. The number of hydrogen-bond donors (Lipinski definition) is 1. The van der Waals surface area contributed by atoms with E-state index in [0.717, 1.165) is 6.07 Å². The van der Waals surface area contributed by atoms with Gasteiger partial charge in [-0.05, 0) is 50.1 Å². The van der Waals surface area contributed by atoms with Gasteiger partial charge in [-0.2, -0.15) is 18.3 Å². The summed E-state index contributed by atoms with van der Waals surface area (Å²) in [5.41, 5.74) is -2.12. The summed E-state index contributed by atoms with van der Waals surface area (Å²) in [6.45, 7) is 0. The lowest BCUT2D eigenvalue weighted by Crippen LogP contribution is -2.14. The van der Waals surface area contributed by atoms with Crippen LogP contribution in [0, 0.1) is 0 Å². The number of hydrogen-bond acceptors (Lipinski definition) is 4. The molecule has 0 saturated heterocycles. The quantitative estimate of drug-likeness (QED) is 0.626. The third-order valence-corrected chi connectivity index (χ3v) is 4.01. The summed E-state index contributed by atoms with van der Waals surface area (Å²) in [6, 6.07) is 3.68. The molecule has 3 rings (SSSR count). The van der Waals surface area contributed by atoms with Gasteiger partial charge in [0.1, 0.15) is 5.69 Å². The standard InChI is InChI=1S/C12H4Br2F3N3O3/c13-7-2-1-5(23-7)4-3-6(12(15,16)17)20-10(18-4)8(14)9(19-20)11(21)22/h1-3H,(H,21,22). The normalized spacial score (nSPS) is 12.0. The molecular formula is C12H4Br2F3N3O3. The number of carboxylic acid groups (broad SMARTS) is 1. The molecule has 0 atom stereocenters. The molecule has 0 fully saturated rings. The number of nitrogens with zero attached hydrogens (tertiary/aromatic N) is 3. The average Bonchev–Trinajstić information content (AvgIpc) is 3.01. The number of aromatic carboxylic acids is 1. The fourth-order valence-electron chi connectivity index (χ4n) is 1.91. The van der Waals surface area contributed by atoms with Crippen LogP contribution >= 0.6 is 31.9 Å². The van der Waals surface area contributed by atoms with Gasteiger partial charge in [0.25, 0.3) is 0 Å². The molecule has 6 nitrogen and oxygen atoms in total. The number of aromatic nitrogens is 3. The largest absolute Gasteiger partial charge is 0.476 e. The van der Waals surface area contributed by atoms with Crippen molar-refractivity contribution >= 4 is 43.5 Å². The van der Waals surface area contributed by atoms with Crippen LogP contribution in [0.15, 0.2) is 31.8 Å². The highest BCUT2D eigenvalue weighted by Crippen LogP contribution is 2.35. The second-order valence-electron chi connectivity index (χ2n) is 4.33. The number of fused-ring (bicyclic) bond motifs is 1. The highest BCUT2D eigenvalue weighted by Gasteiger charge is 2.36. The van der Waals surface area contributed by atoms with Crippen molar-refractivity contribution in [1.82, 2.24) is 14.6 Å². The maximum atomic E-state index is 13.3. The Labute approximate surface area is 142 Å². The smallest absolute Gasteiger partial charge is 0.433 e. The van der Waals surface area contributed by atoms with E-state index in [2.05, 4.69) is 41.9 Å². The van der Waals surface area contributed by atoms with Crippen molar-refractivity contribution in [2.75, 3.05) is 0 Å². The SMILES string of the molecule is O=C(O)c1nn2c(C(F)(F)F)cc(-c3ccc(Br)o3)nc2c1Br. The Hall–Kier alpha value is -1.88. The van der Waals surface area contributed by atoms with Gasteiger partial charge in [-0.15, -0.1) is 0 Å². The molecule has 0 saturated carbocycles. The van der Waals surface area contributed by atoms with Crippen molar-refractivity contribution in [3.05, 3.63) is 38.7 Å². The first-order valence-corrected chi connectivity index (χ1v) is 7.42. The first-order valence-electron chi connectivity index (χ1n) is 5.84. The van der Waals surface area contributed by atoms with E-state index in [-0.39, 0.29) is 21.6 Å². The molecule has 3 aromatic rings. The fraction of sp³-hybridized carbons (Fsp3) is 0.0833. The molecular weight excluding hydrogens is 451 g/mol. The third kappa shape index (κ3) is 2.74. The molecule has 0 radical (unpaired) electrons. The van der Waals surface area contributed by atoms with Gasteiger partial charge >= 0.3 is 12.1 Å². The van der Waals surface area contributed by atoms with Crippen LogP contribution in [0.3, 0.4) is 0 Å². The van der Waals surface area contributed by atoms with Gasteiger partial charge in [0.05, 0.1) is 4.47 Å². The van der Waals surface area contributed by atoms with Crippen LogP contribution < -0.4 is 0 Å². The van der Waals surface area contributed by atoms with Crippen LogP contribution in [0.4, 0.5) is 13.2 Å². The minimum atomic E-state index is -4.76. The second-order valence-corrected chi connectivity index (χ2v) is 5.91. The van der Waals surface area contributed by atoms with Gasteiger partial charge in [0.2, 0.25) is 0 Å². The monoisotopic (exact) mass is 453 g/mol. The van der Waals surface area contributed by atoms with E-state index in [1.807, 2.05) is 0 Å². The Kier molecular flexibility index (Phi) is 3.71. The lowest BCUT2D eigenvalue weighted by molar-refractivity contribution is -0.142. The van der Waals surface area contributed by atoms with Crippen molar-refractivity contribution in [2.24, 2.45) is 0 Å². The Morgan fingerprint density at radius 2 is 2.00 bits per heavy atom. The molecule has 23 heavy (non-hydrogen) atoms. The number of furan rings is 1. The molecule has 0 aliphatic rings. The van der Waals surface area contributed by atoms with Crippen molar-refractivity contribution in [2.45, 2.75) is 6.18 Å². The lowest BCUT2D eigenvalue weighted by atomic mass is 10.2. The molecule has 11 heteroatoms. The van der Waals surface area contributed by atoms with Crippen LogP contribution in [0.25, 0.3) is 17.1 Å². The molecule has 0 aliphatic carbocycles. The van der Waals surface area contributed by atoms with E-state index in [0.29, 0.717) is 9.18 Å². The molecule has 0 aromatic carbocycles. The lowest BCUT2D eigenvalue weighted by Gasteiger charge is -2.10. The molecule has 1 N–H and O–H groups in total. The Morgan fingerprint density at radius 3 is 2.52 bits per heavy atom. The van der Waals surface area contributed by atoms with Gasteiger partial charge in [-0.25, -0.2) is 14.3 Å². The number of alkyl halides is 3. The zero-order valence-electron chi connectivity index (χ0n) is 10.7. The Bertz CT molecular complexity index is 933. The van der Waals surface area contributed by atoms with Crippen molar-refractivity contribution in [3.63, 3.8) is 0 Å². The van der Waals surface area contributed by atoms with Crippen molar-refractivity contribution in [1.29, 1.82) is 0 Å². The van der Waals surface area contributed by atoms with Gasteiger partial charge < -0.3 is 9.52 Å². The van der Waals surface area contributed by atoms with Gasteiger partial charge in [0.15, 0.2) is 27.5 Å². The number of carboxylic acids is 1. The van der Waals surface area contributed by atoms with Crippen LogP contribution in [-0.4, -0.2) is 25.7 Å². The van der Waals surface area contributed by atoms with Crippen LogP contribution in [0.5, 0.6) is 0 Å². The second kappa shape index (κ2) is 5.34. The maximum Gasteiger partial charge on any atom is 0.433 e. The Balaban J connectivity index is 2.37. The number of rotatable bonds is 2. The molecule has 3 heterocycles. The molecule has 3 aromatic heterocycles.